The summed E-state index contributed by atoms with van der Waals surface area (Å²) in [5, 5.41) is 15.3. The molecule has 3 heterocycles. The SMILES string of the molecule is CC(C)(C)c1cc(N2c3cc(-c4nc(-c5ccccc5)cc(-c5ccccc5)n4)cc4c3B(c3c2cc2ccc5cccc6ccc3c2c56)c2c(cc3ccc5cccc6ccc2c3c56)N4c2cc(C(C)(C)C)cc(C(C)(C)C)c2)cc(C(C)(C)C)c1. The summed E-state index contributed by atoms with van der Waals surface area (Å²) in [4.78, 5) is 16.7. The van der Waals surface area contributed by atoms with Crippen LogP contribution in [0.25, 0.3) is 98.5 Å². The Labute approximate surface area is 511 Å². The minimum Gasteiger partial charge on any atom is -0.311 e. The minimum absolute atomic E-state index is 0.151. The third-order valence-corrected chi connectivity index (χ3v) is 19.2. The molecule has 0 aliphatic carbocycles. The van der Waals surface area contributed by atoms with Crippen molar-refractivity contribution >= 4 is 122 Å². The molecule has 5 heteroatoms. The molecule has 16 rings (SSSR count). The van der Waals surface area contributed by atoms with E-state index in [0.29, 0.717) is 5.82 Å². The zero-order valence-corrected chi connectivity index (χ0v) is 52.1. The van der Waals surface area contributed by atoms with Gasteiger partial charge in [0.15, 0.2) is 5.82 Å². The van der Waals surface area contributed by atoms with Crippen LogP contribution in [0.4, 0.5) is 34.1 Å². The van der Waals surface area contributed by atoms with Gasteiger partial charge in [-0.1, -0.05) is 241 Å². The van der Waals surface area contributed by atoms with Gasteiger partial charge < -0.3 is 9.80 Å². The molecule has 87 heavy (non-hydrogen) atoms. The third-order valence-electron chi connectivity index (χ3n) is 19.2. The first kappa shape index (κ1) is 53.2. The normalized spacial score (nSPS) is 13.7. The predicted octanol–water partition coefficient (Wildman–Crippen LogP) is 20.5. The first-order chi connectivity index (χ1) is 41.6. The van der Waals surface area contributed by atoms with E-state index in [-0.39, 0.29) is 28.4 Å². The molecule has 0 N–H and O–H groups in total. The van der Waals surface area contributed by atoms with Gasteiger partial charge in [0.1, 0.15) is 0 Å². The van der Waals surface area contributed by atoms with Crippen molar-refractivity contribution in [2.75, 3.05) is 9.80 Å². The minimum atomic E-state index is -0.215. The average Bonchev–Trinajstić information content (AvgIpc) is 0.723. The molecule has 0 fully saturated rings. The number of hydrogen-bond donors (Lipinski definition) is 0. The fraction of sp³-hybridized carbons (Fsp3) is 0.195. The molecule has 2 aliphatic heterocycles. The van der Waals surface area contributed by atoms with Crippen molar-refractivity contribution in [2.45, 2.75) is 105 Å². The molecule has 13 aromatic carbocycles. The second-order valence-electron chi connectivity index (χ2n) is 29.1. The van der Waals surface area contributed by atoms with Gasteiger partial charge in [0.2, 0.25) is 0 Å². The standard InChI is InChI=1S/C82H71BN4/c1-79(2,3)57-41-58(80(4,5)6)44-61(43-57)86-67-37-54-31-29-50-25-19-27-52-33-35-63(73(54)71(50)52)75(67)83-76-64-36-34-53-28-20-26-51-30-32-55(74(64)72(51)53)38-68(76)87(62-45-59(81(7,8)9)42-60(46-62)82(10,11)12)70-40-56(39-69(86)77(70)83)78-84-65(48-21-15-13-16-22-48)47-66(85-78)49-23-17-14-18-24-49/h13-47H,1-12H3. The van der Waals surface area contributed by atoms with Crippen LogP contribution in [0, 0.1) is 0 Å². The number of hydrogen-bond acceptors (Lipinski definition) is 4. The molecule has 0 radical (unpaired) electrons. The Morgan fingerprint density at radius 1 is 0.287 bits per heavy atom. The zero-order valence-electron chi connectivity index (χ0n) is 52.1. The molecule has 14 aromatic rings. The van der Waals surface area contributed by atoms with E-state index in [4.69, 9.17) is 9.97 Å². The smallest absolute Gasteiger partial charge is 0.253 e. The van der Waals surface area contributed by atoms with E-state index in [1.165, 1.54) is 115 Å². The van der Waals surface area contributed by atoms with Gasteiger partial charge in [0.05, 0.1) is 11.4 Å². The summed E-state index contributed by atoms with van der Waals surface area (Å²) in [5.74, 6) is 0.672. The molecule has 4 nitrogen and oxygen atoms in total. The van der Waals surface area contributed by atoms with Crippen LogP contribution in [0.2, 0.25) is 0 Å². The summed E-state index contributed by atoms with van der Waals surface area (Å²) in [6.07, 6.45) is 0. The maximum atomic E-state index is 5.67. The lowest BCUT2D eigenvalue weighted by molar-refractivity contribution is 0.568. The highest BCUT2D eigenvalue weighted by Crippen LogP contribution is 2.52. The van der Waals surface area contributed by atoms with E-state index in [9.17, 15) is 0 Å². The molecule has 0 saturated carbocycles. The highest BCUT2D eigenvalue weighted by Gasteiger charge is 2.47. The molecule has 0 atom stereocenters. The van der Waals surface area contributed by atoms with Gasteiger partial charge in [0, 0.05) is 50.8 Å². The van der Waals surface area contributed by atoms with E-state index < -0.39 is 0 Å². The summed E-state index contributed by atoms with van der Waals surface area (Å²) in [6, 6.07) is 81.0. The van der Waals surface area contributed by atoms with Crippen LogP contribution < -0.4 is 26.2 Å². The third kappa shape index (κ3) is 8.32. The second kappa shape index (κ2) is 18.6. The van der Waals surface area contributed by atoms with Crippen LogP contribution in [-0.4, -0.2) is 16.7 Å². The Morgan fingerprint density at radius 3 is 1.00 bits per heavy atom. The number of anilines is 6. The fourth-order valence-corrected chi connectivity index (χ4v) is 14.6. The predicted molar refractivity (Wildman–Crippen MR) is 375 cm³/mol. The number of fused-ring (bicyclic) bond motifs is 6. The quantitative estimate of drug-likeness (QED) is 0.127. The van der Waals surface area contributed by atoms with Crippen LogP contribution >= 0.6 is 0 Å². The second-order valence-corrected chi connectivity index (χ2v) is 29.1. The number of rotatable bonds is 5. The number of benzene rings is 13. The van der Waals surface area contributed by atoms with Crippen LogP contribution in [-0.2, 0) is 21.7 Å². The Kier molecular flexibility index (Phi) is 11.4. The van der Waals surface area contributed by atoms with E-state index >= 15 is 0 Å². The molecule has 0 amide bonds. The first-order valence-electron chi connectivity index (χ1n) is 31.2. The molecule has 2 aliphatic rings. The molecule has 0 saturated heterocycles. The van der Waals surface area contributed by atoms with Gasteiger partial charge in [0.25, 0.3) is 6.71 Å². The summed E-state index contributed by atoms with van der Waals surface area (Å²) in [5.41, 5.74) is 20.2. The highest BCUT2D eigenvalue weighted by atomic mass is 15.2. The first-order valence-corrected chi connectivity index (χ1v) is 31.2. The number of nitrogens with zero attached hydrogens (tertiary/aromatic N) is 4. The highest BCUT2D eigenvalue weighted by molar-refractivity contribution is 7.03. The van der Waals surface area contributed by atoms with Crippen molar-refractivity contribution in [1.29, 1.82) is 0 Å². The van der Waals surface area contributed by atoms with E-state index in [1.807, 2.05) is 0 Å². The van der Waals surface area contributed by atoms with Gasteiger partial charge in [-0.05, 0) is 180 Å². The van der Waals surface area contributed by atoms with Crippen molar-refractivity contribution in [3.63, 3.8) is 0 Å². The largest absolute Gasteiger partial charge is 0.311 e. The Bertz CT molecular complexity index is 4740. The van der Waals surface area contributed by atoms with Crippen molar-refractivity contribution in [2.24, 2.45) is 0 Å². The van der Waals surface area contributed by atoms with Crippen molar-refractivity contribution in [3.8, 4) is 33.9 Å². The van der Waals surface area contributed by atoms with Crippen LogP contribution in [0.3, 0.4) is 0 Å². The summed E-state index contributed by atoms with van der Waals surface area (Å²) < 4.78 is 0. The topological polar surface area (TPSA) is 32.3 Å². The molecule has 422 valence electrons. The molecular weight excluding hydrogens is 1050 g/mol. The summed E-state index contributed by atoms with van der Waals surface area (Å²) in [6.45, 7) is 28.1. The summed E-state index contributed by atoms with van der Waals surface area (Å²) in [7, 11) is 0. The maximum Gasteiger partial charge on any atom is 0.253 e. The van der Waals surface area contributed by atoms with Crippen LogP contribution in [0.5, 0.6) is 0 Å². The van der Waals surface area contributed by atoms with E-state index in [2.05, 4.69) is 305 Å². The monoisotopic (exact) mass is 1120 g/mol. The zero-order chi connectivity index (χ0) is 59.8. The Morgan fingerprint density at radius 2 is 0.632 bits per heavy atom. The van der Waals surface area contributed by atoms with Crippen molar-refractivity contribution in [1.82, 2.24) is 9.97 Å². The van der Waals surface area contributed by atoms with E-state index in [0.717, 1.165) is 50.8 Å². The molecular formula is C82H71BN4. The lowest BCUT2D eigenvalue weighted by atomic mass is 9.32. The van der Waals surface area contributed by atoms with E-state index in [1.54, 1.807) is 0 Å². The van der Waals surface area contributed by atoms with Gasteiger partial charge in [-0.15, -0.1) is 0 Å². The molecule has 0 unspecified atom stereocenters. The average molecular weight is 1120 g/mol. The van der Waals surface area contributed by atoms with Gasteiger partial charge in [-0.2, -0.15) is 0 Å². The number of aromatic nitrogens is 2. The Balaban J connectivity index is 1.13. The van der Waals surface area contributed by atoms with Gasteiger partial charge in [-0.25, -0.2) is 9.97 Å². The summed E-state index contributed by atoms with van der Waals surface area (Å²) >= 11 is 0. The maximum absolute atomic E-state index is 5.67. The lowest BCUT2D eigenvalue weighted by Gasteiger charge is -2.46. The fourth-order valence-electron chi connectivity index (χ4n) is 14.6. The molecule has 0 spiro atoms. The van der Waals surface area contributed by atoms with Crippen molar-refractivity contribution in [3.05, 3.63) is 235 Å². The lowest BCUT2D eigenvalue weighted by Crippen LogP contribution is -2.62. The van der Waals surface area contributed by atoms with Crippen LogP contribution in [0.1, 0.15) is 105 Å². The van der Waals surface area contributed by atoms with Crippen LogP contribution in [0.15, 0.2) is 212 Å². The van der Waals surface area contributed by atoms with Crippen molar-refractivity contribution < 1.29 is 0 Å². The molecule has 1 aromatic heterocycles. The Hall–Kier alpha value is -9.32. The van der Waals surface area contributed by atoms with Gasteiger partial charge in [-0.3, -0.25) is 0 Å². The molecule has 0 bridgehead atoms. The van der Waals surface area contributed by atoms with Gasteiger partial charge >= 0.3 is 0 Å².